The van der Waals surface area contributed by atoms with Gasteiger partial charge in [0.15, 0.2) is 11.5 Å². The third kappa shape index (κ3) is 3.89. The number of ether oxygens (including phenoxy) is 2. The lowest BCUT2D eigenvalue weighted by molar-refractivity contribution is -0.131. The van der Waals surface area contributed by atoms with Crippen molar-refractivity contribution in [3.05, 3.63) is 58.4 Å². The maximum atomic E-state index is 14.1. The zero-order valence-electron chi connectivity index (χ0n) is 14.9. The van der Waals surface area contributed by atoms with E-state index in [-0.39, 0.29) is 42.4 Å². The summed E-state index contributed by atoms with van der Waals surface area (Å²) in [4.78, 5) is 26.6. The fraction of sp³-hybridized carbons (Fsp3) is 0.300. The Hall–Kier alpha value is -2.80. The van der Waals surface area contributed by atoms with Crippen molar-refractivity contribution in [2.24, 2.45) is 0 Å². The molecule has 0 saturated heterocycles. The van der Waals surface area contributed by atoms with Crippen LogP contribution in [0.1, 0.15) is 28.8 Å². The van der Waals surface area contributed by atoms with Gasteiger partial charge >= 0.3 is 0 Å². The van der Waals surface area contributed by atoms with Gasteiger partial charge in [-0.2, -0.15) is 0 Å². The van der Waals surface area contributed by atoms with Crippen molar-refractivity contribution in [2.75, 3.05) is 13.3 Å². The Morgan fingerprint density at radius 3 is 2.71 bits per heavy atom. The summed E-state index contributed by atoms with van der Waals surface area (Å²) in [6, 6.07) is 9.30. The van der Waals surface area contributed by atoms with Gasteiger partial charge in [0.2, 0.25) is 12.7 Å². The predicted molar refractivity (Wildman–Crippen MR) is 99.9 cm³/mol. The number of halogens is 2. The van der Waals surface area contributed by atoms with Gasteiger partial charge in [0.1, 0.15) is 5.82 Å². The summed E-state index contributed by atoms with van der Waals surface area (Å²) in [6.45, 7) is 0.0125. The smallest absolute Gasteiger partial charge is 0.251 e. The SMILES string of the molecule is O=C(NCC(=O)N(Cc1c(F)cccc1Cl)C1CC1)c1ccc2c(c1)OCO2. The second kappa shape index (κ2) is 7.67. The van der Waals surface area contributed by atoms with Gasteiger partial charge < -0.3 is 19.7 Å². The van der Waals surface area contributed by atoms with E-state index >= 15 is 0 Å². The van der Waals surface area contributed by atoms with Crippen molar-refractivity contribution in [2.45, 2.75) is 25.4 Å². The predicted octanol–water partition coefficient (Wildman–Crippen LogP) is 3.13. The molecule has 0 spiro atoms. The molecule has 0 bridgehead atoms. The van der Waals surface area contributed by atoms with E-state index in [1.807, 2.05) is 0 Å². The van der Waals surface area contributed by atoms with Crippen LogP contribution < -0.4 is 14.8 Å². The number of fused-ring (bicyclic) bond motifs is 1. The quantitative estimate of drug-likeness (QED) is 0.803. The molecule has 2 amide bonds. The molecule has 8 heteroatoms. The van der Waals surface area contributed by atoms with Crippen LogP contribution in [0.5, 0.6) is 11.5 Å². The van der Waals surface area contributed by atoms with Gasteiger partial charge in [-0.25, -0.2) is 4.39 Å². The van der Waals surface area contributed by atoms with Crippen LogP contribution >= 0.6 is 11.6 Å². The van der Waals surface area contributed by atoms with Crippen molar-refractivity contribution in [1.82, 2.24) is 10.2 Å². The van der Waals surface area contributed by atoms with Crippen LogP contribution in [0.15, 0.2) is 36.4 Å². The van der Waals surface area contributed by atoms with Crippen molar-refractivity contribution in [1.29, 1.82) is 0 Å². The maximum absolute atomic E-state index is 14.1. The third-order valence-electron chi connectivity index (χ3n) is 4.73. The molecule has 0 aromatic heterocycles. The highest BCUT2D eigenvalue weighted by Gasteiger charge is 2.33. The lowest BCUT2D eigenvalue weighted by Gasteiger charge is -2.23. The van der Waals surface area contributed by atoms with Gasteiger partial charge in [-0.3, -0.25) is 9.59 Å². The molecule has 0 unspecified atom stereocenters. The Kier molecular flexibility index (Phi) is 5.09. The summed E-state index contributed by atoms with van der Waals surface area (Å²) < 4.78 is 24.6. The highest BCUT2D eigenvalue weighted by molar-refractivity contribution is 6.31. The van der Waals surface area contributed by atoms with Gasteiger partial charge in [-0.1, -0.05) is 17.7 Å². The highest BCUT2D eigenvalue weighted by atomic mass is 35.5. The summed E-state index contributed by atoms with van der Waals surface area (Å²) >= 11 is 6.09. The molecule has 6 nitrogen and oxygen atoms in total. The molecule has 0 radical (unpaired) electrons. The average Bonchev–Trinajstić information content (AvgIpc) is 3.41. The van der Waals surface area contributed by atoms with Crippen molar-refractivity contribution >= 4 is 23.4 Å². The Bertz CT molecular complexity index is 912. The summed E-state index contributed by atoms with van der Waals surface area (Å²) in [5.74, 6) is -0.0559. The number of nitrogens with zero attached hydrogens (tertiary/aromatic N) is 1. The number of hydrogen-bond acceptors (Lipinski definition) is 4. The molecule has 1 aliphatic heterocycles. The first-order valence-corrected chi connectivity index (χ1v) is 9.31. The molecule has 2 aromatic rings. The Morgan fingerprint density at radius 2 is 1.96 bits per heavy atom. The number of rotatable bonds is 6. The number of benzene rings is 2. The van der Waals surface area contributed by atoms with Gasteiger partial charge in [0, 0.05) is 22.2 Å². The second-order valence-electron chi connectivity index (χ2n) is 6.70. The molecule has 2 aromatic carbocycles. The van der Waals surface area contributed by atoms with E-state index in [9.17, 15) is 14.0 Å². The Balaban J connectivity index is 1.40. The normalized spacial score (nSPS) is 14.6. The molecular formula is C20H18ClFN2O4. The fourth-order valence-corrected chi connectivity index (χ4v) is 3.28. The second-order valence-corrected chi connectivity index (χ2v) is 7.11. The van der Waals surface area contributed by atoms with Gasteiger partial charge in [-0.15, -0.1) is 0 Å². The van der Waals surface area contributed by atoms with Gasteiger partial charge in [0.05, 0.1) is 13.1 Å². The Labute approximate surface area is 166 Å². The molecule has 4 rings (SSSR count). The standard InChI is InChI=1S/C20H18ClFN2O4/c21-15-2-1-3-16(22)14(15)10-24(13-5-6-13)19(25)9-23-20(26)12-4-7-17-18(8-12)28-11-27-17/h1-4,7-8,13H,5-6,9-11H2,(H,23,26). The number of carbonyl (C=O) groups is 2. The van der Waals surface area contributed by atoms with Crippen LogP contribution in [0.3, 0.4) is 0 Å². The number of hydrogen-bond donors (Lipinski definition) is 1. The summed E-state index contributed by atoms with van der Waals surface area (Å²) in [5, 5.41) is 2.90. The Morgan fingerprint density at radius 1 is 1.18 bits per heavy atom. The third-order valence-corrected chi connectivity index (χ3v) is 5.09. The summed E-state index contributed by atoms with van der Waals surface area (Å²) in [6.07, 6.45) is 1.71. The van der Waals surface area contributed by atoms with Crippen LogP contribution in [0.4, 0.5) is 4.39 Å². The van der Waals surface area contributed by atoms with Crippen LogP contribution in [0, 0.1) is 5.82 Å². The number of carbonyl (C=O) groups excluding carboxylic acids is 2. The van der Waals surface area contributed by atoms with Crippen molar-refractivity contribution < 1.29 is 23.5 Å². The number of amides is 2. The van der Waals surface area contributed by atoms with E-state index in [1.165, 1.54) is 12.1 Å². The highest BCUT2D eigenvalue weighted by Crippen LogP contribution is 2.33. The van der Waals surface area contributed by atoms with E-state index < -0.39 is 11.7 Å². The summed E-state index contributed by atoms with van der Waals surface area (Å²) in [5.41, 5.74) is 0.652. The first-order valence-electron chi connectivity index (χ1n) is 8.93. The average molecular weight is 405 g/mol. The molecule has 1 heterocycles. The van der Waals surface area contributed by atoms with Crippen molar-refractivity contribution in [3.8, 4) is 11.5 Å². The van der Waals surface area contributed by atoms with E-state index in [1.54, 1.807) is 29.2 Å². The zero-order valence-corrected chi connectivity index (χ0v) is 15.7. The van der Waals surface area contributed by atoms with Crippen LogP contribution in [0.25, 0.3) is 0 Å². The van der Waals surface area contributed by atoms with Crippen molar-refractivity contribution in [3.63, 3.8) is 0 Å². The van der Waals surface area contributed by atoms with Gasteiger partial charge in [0.25, 0.3) is 5.91 Å². The van der Waals surface area contributed by atoms with E-state index in [0.29, 0.717) is 17.1 Å². The molecule has 1 saturated carbocycles. The molecule has 146 valence electrons. The lowest BCUT2D eigenvalue weighted by atomic mass is 10.2. The first-order chi connectivity index (χ1) is 13.5. The molecule has 0 atom stereocenters. The van der Waals surface area contributed by atoms with Crippen LogP contribution in [-0.4, -0.2) is 36.1 Å². The largest absolute Gasteiger partial charge is 0.454 e. The zero-order chi connectivity index (χ0) is 19.7. The fourth-order valence-electron chi connectivity index (χ4n) is 3.06. The minimum Gasteiger partial charge on any atom is -0.454 e. The first kappa shape index (κ1) is 18.6. The molecular weight excluding hydrogens is 387 g/mol. The summed E-state index contributed by atoms with van der Waals surface area (Å²) in [7, 11) is 0. The minimum absolute atomic E-state index is 0.0469. The van der Waals surface area contributed by atoms with Gasteiger partial charge in [-0.05, 0) is 43.2 Å². The van der Waals surface area contributed by atoms with Crippen LogP contribution in [-0.2, 0) is 11.3 Å². The monoisotopic (exact) mass is 404 g/mol. The van der Waals surface area contributed by atoms with E-state index in [4.69, 9.17) is 21.1 Å². The molecule has 1 N–H and O–H groups in total. The maximum Gasteiger partial charge on any atom is 0.251 e. The molecule has 1 aliphatic carbocycles. The lowest BCUT2D eigenvalue weighted by Crippen LogP contribution is -2.41. The number of nitrogens with one attached hydrogen (secondary N) is 1. The molecule has 2 aliphatic rings. The topological polar surface area (TPSA) is 67.9 Å². The minimum atomic E-state index is -0.449. The van der Waals surface area contributed by atoms with E-state index in [0.717, 1.165) is 12.8 Å². The molecule has 1 fully saturated rings. The van der Waals surface area contributed by atoms with E-state index in [2.05, 4.69) is 5.32 Å². The van der Waals surface area contributed by atoms with Crippen LogP contribution in [0.2, 0.25) is 5.02 Å². The molecule has 28 heavy (non-hydrogen) atoms.